The molecule has 0 saturated carbocycles. The zero-order valence-corrected chi connectivity index (χ0v) is 14.5. The largest absolute Gasteiger partial charge is 0.356 e. The molecule has 2 atom stereocenters. The summed E-state index contributed by atoms with van der Waals surface area (Å²) in [7, 11) is 0. The van der Waals surface area contributed by atoms with E-state index >= 15 is 0 Å². The van der Waals surface area contributed by atoms with Crippen LogP contribution in [0.3, 0.4) is 0 Å². The van der Waals surface area contributed by atoms with E-state index in [0.29, 0.717) is 13.0 Å². The number of carbonyl (C=O) groups excluding carboxylic acids is 2. The second-order valence-corrected chi connectivity index (χ2v) is 6.87. The Hall–Kier alpha value is -3.08. The van der Waals surface area contributed by atoms with Crippen LogP contribution in [0, 0.1) is 0 Å². The fourth-order valence-electron chi connectivity index (χ4n) is 4.40. The molecule has 5 heteroatoms. The fourth-order valence-corrected chi connectivity index (χ4v) is 4.40. The van der Waals surface area contributed by atoms with Gasteiger partial charge in [-0.15, -0.1) is 0 Å². The molecule has 1 aromatic heterocycles. The minimum atomic E-state index is -0.431. The first-order valence-corrected chi connectivity index (χ1v) is 8.98. The van der Waals surface area contributed by atoms with E-state index < -0.39 is 6.04 Å². The highest BCUT2D eigenvalue weighted by Crippen LogP contribution is 2.43. The zero-order chi connectivity index (χ0) is 17.8. The Morgan fingerprint density at radius 3 is 2.54 bits per heavy atom. The molecule has 3 amide bonds. The summed E-state index contributed by atoms with van der Waals surface area (Å²) in [5.41, 5.74) is 4.23. The molecule has 0 radical (unpaired) electrons. The first-order chi connectivity index (χ1) is 12.7. The monoisotopic (exact) mass is 345 g/mol. The molecule has 3 heterocycles. The number of nitrogens with one attached hydrogen (secondary N) is 1. The van der Waals surface area contributed by atoms with Gasteiger partial charge >= 0.3 is 6.03 Å². The molecule has 0 bridgehead atoms. The third-order valence-electron chi connectivity index (χ3n) is 5.57. The Morgan fingerprint density at radius 1 is 1.04 bits per heavy atom. The molecule has 1 saturated heterocycles. The third-order valence-corrected chi connectivity index (χ3v) is 5.57. The zero-order valence-electron chi connectivity index (χ0n) is 14.5. The normalized spacial score (nSPS) is 22.0. The molecule has 0 spiro atoms. The van der Waals surface area contributed by atoms with Crippen molar-refractivity contribution >= 4 is 22.8 Å². The summed E-state index contributed by atoms with van der Waals surface area (Å²) in [6, 6.07) is 17.2. The molecule has 5 rings (SSSR count). The fraction of sp³-hybridized carbons (Fsp3) is 0.238. The number of urea groups is 1. The van der Waals surface area contributed by atoms with Crippen LogP contribution in [0.25, 0.3) is 10.9 Å². The van der Waals surface area contributed by atoms with Crippen molar-refractivity contribution in [1.82, 2.24) is 14.8 Å². The van der Waals surface area contributed by atoms with Crippen LogP contribution < -0.4 is 0 Å². The van der Waals surface area contributed by atoms with Gasteiger partial charge < -0.3 is 4.98 Å². The number of H-pyrrole nitrogens is 1. The van der Waals surface area contributed by atoms with E-state index in [1.165, 1.54) is 4.90 Å². The molecular formula is C21H19N3O2. The van der Waals surface area contributed by atoms with Gasteiger partial charge in [0.1, 0.15) is 12.1 Å². The predicted octanol–water partition coefficient (Wildman–Crippen LogP) is 3.47. The van der Waals surface area contributed by atoms with Crippen molar-refractivity contribution in [3.8, 4) is 0 Å². The molecule has 2 aliphatic heterocycles. The Balaban J connectivity index is 1.76. The van der Waals surface area contributed by atoms with E-state index in [1.807, 2.05) is 55.5 Å². The van der Waals surface area contributed by atoms with Gasteiger partial charge in [0.05, 0.1) is 0 Å². The van der Waals surface area contributed by atoms with Crippen molar-refractivity contribution in [3.63, 3.8) is 0 Å². The number of hydrogen-bond donors (Lipinski definition) is 1. The molecule has 26 heavy (non-hydrogen) atoms. The van der Waals surface area contributed by atoms with Gasteiger partial charge in [0.2, 0.25) is 0 Å². The Bertz CT molecular complexity index is 1020. The summed E-state index contributed by atoms with van der Waals surface area (Å²) in [6.07, 6.45) is 0.559. The lowest BCUT2D eigenvalue weighted by Gasteiger charge is -2.36. The number of fused-ring (bicyclic) bond motifs is 4. The highest BCUT2D eigenvalue weighted by atomic mass is 16.2. The number of aromatic amines is 1. The van der Waals surface area contributed by atoms with E-state index in [-0.39, 0.29) is 18.0 Å². The third kappa shape index (κ3) is 1.91. The van der Waals surface area contributed by atoms with E-state index in [0.717, 1.165) is 27.7 Å². The van der Waals surface area contributed by atoms with Gasteiger partial charge in [-0.1, -0.05) is 48.5 Å². The number of likely N-dealkylation sites (N-methyl/N-ethyl adjacent to an activating group) is 1. The van der Waals surface area contributed by atoms with Gasteiger partial charge in [-0.25, -0.2) is 4.79 Å². The van der Waals surface area contributed by atoms with E-state index in [4.69, 9.17) is 0 Å². The van der Waals surface area contributed by atoms with E-state index in [1.54, 1.807) is 4.90 Å². The minimum Gasteiger partial charge on any atom is -0.356 e. The van der Waals surface area contributed by atoms with E-state index in [2.05, 4.69) is 11.1 Å². The number of aromatic nitrogens is 1. The van der Waals surface area contributed by atoms with Crippen molar-refractivity contribution in [3.05, 3.63) is 71.4 Å². The van der Waals surface area contributed by atoms with Gasteiger partial charge in [-0.05, 0) is 24.1 Å². The number of carbonyl (C=O) groups is 2. The van der Waals surface area contributed by atoms with Crippen LogP contribution in [0.4, 0.5) is 4.79 Å². The Kier molecular flexibility index (Phi) is 3.19. The van der Waals surface area contributed by atoms with Crippen LogP contribution >= 0.6 is 0 Å². The quantitative estimate of drug-likeness (QED) is 0.723. The van der Waals surface area contributed by atoms with Crippen LogP contribution in [0.5, 0.6) is 0 Å². The lowest BCUT2D eigenvalue weighted by atomic mass is 9.89. The maximum Gasteiger partial charge on any atom is 0.328 e. The first kappa shape index (κ1) is 15.2. The van der Waals surface area contributed by atoms with Gasteiger partial charge in [0.25, 0.3) is 5.91 Å². The molecule has 0 aliphatic carbocycles. The second-order valence-electron chi connectivity index (χ2n) is 6.87. The molecule has 130 valence electrons. The number of imide groups is 1. The maximum absolute atomic E-state index is 13.0. The van der Waals surface area contributed by atoms with Crippen molar-refractivity contribution in [2.45, 2.75) is 25.4 Å². The number of amides is 3. The van der Waals surface area contributed by atoms with Gasteiger partial charge in [-0.3, -0.25) is 14.6 Å². The van der Waals surface area contributed by atoms with Crippen LogP contribution in [-0.2, 0) is 11.2 Å². The topological polar surface area (TPSA) is 56.4 Å². The second kappa shape index (κ2) is 5.46. The van der Waals surface area contributed by atoms with Gasteiger partial charge in [0.15, 0.2) is 0 Å². The SMILES string of the molecule is CCN1C(=O)[C@@H]2Cc3c([nH]c4ccccc34)[C@@H](c3ccccc3)N2C1=O. The Morgan fingerprint density at radius 2 is 1.77 bits per heavy atom. The molecule has 5 nitrogen and oxygen atoms in total. The highest BCUT2D eigenvalue weighted by Gasteiger charge is 2.51. The summed E-state index contributed by atoms with van der Waals surface area (Å²) in [5.74, 6) is -0.0886. The standard InChI is InChI=1S/C21H19N3O2/c1-2-23-20(25)17-12-15-14-10-6-7-11-16(14)22-18(15)19(24(17)21(23)26)13-8-4-3-5-9-13/h3-11,17,19,22H,2,12H2,1H3/t17-,19+/m0/s1. The molecule has 2 aliphatic rings. The lowest BCUT2D eigenvalue weighted by Crippen LogP contribution is -2.44. The van der Waals surface area contributed by atoms with Crippen LogP contribution in [0.1, 0.15) is 29.8 Å². The molecule has 0 unspecified atom stereocenters. The Labute approximate surface area is 151 Å². The summed E-state index contributed by atoms with van der Waals surface area (Å²) in [5, 5.41) is 1.14. The summed E-state index contributed by atoms with van der Waals surface area (Å²) >= 11 is 0. The molecule has 1 N–H and O–H groups in total. The smallest absolute Gasteiger partial charge is 0.328 e. The molecule has 1 fully saturated rings. The maximum atomic E-state index is 13.0. The number of hydrogen-bond acceptors (Lipinski definition) is 2. The minimum absolute atomic E-state index is 0.0886. The summed E-state index contributed by atoms with van der Waals surface area (Å²) in [4.78, 5) is 32.5. The molecule has 2 aromatic carbocycles. The van der Waals surface area contributed by atoms with E-state index in [9.17, 15) is 9.59 Å². The van der Waals surface area contributed by atoms with Crippen molar-refractivity contribution < 1.29 is 9.59 Å². The molecular weight excluding hydrogens is 326 g/mol. The van der Waals surface area contributed by atoms with Crippen LogP contribution in [0.2, 0.25) is 0 Å². The van der Waals surface area contributed by atoms with Crippen molar-refractivity contribution in [1.29, 1.82) is 0 Å². The summed E-state index contributed by atoms with van der Waals surface area (Å²) < 4.78 is 0. The lowest BCUT2D eigenvalue weighted by molar-refractivity contribution is -0.128. The van der Waals surface area contributed by atoms with Crippen LogP contribution in [-0.4, -0.2) is 39.3 Å². The highest BCUT2D eigenvalue weighted by molar-refractivity contribution is 6.05. The average molecular weight is 345 g/mol. The van der Waals surface area contributed by atoms with Crippen molar-refractivity contribution in [2.75, 3.05) is 6.54 Å². The number of nitrogens with zero attached hydrogens (tertiary/aromatic N) is 2. The average Bonchev–Trinajstić information content (AvgIpc) is 3.16. The number of rotatable bonds is 2. The number of benzene rings is 2. The molecule has 3 aromatic rings. The number of para-hydroxylation sites is 1. The van der Waals surface area contributed by atoms with Gasteiger partial charge in [0, 0.05) is 29.6 Å². The van der Waals surface area contributed by atoms with Gasteiger partial charge in [-0.2, -0.15) is 0 Å². The first-order valence-electron chi connectivity index (χ1n) is 8.98. The van der Waals surface area contributed by atoms with Crippen LogP contribution in [0.15, 0.2) is 54.6 Å². The summed E-state index contributed by atoms with van der Waals surface area (Å²) in [6.45, 7) is 2.25. The van der Waals surface area contributed by atoms with Crippen molar-refractivity contribution in [2.24, 2.45) is 0 Å². The predicted molar refractivity (Wildman–Crippen MR) is 98.7 cm³/mol.